The van der Waals surface area contributed by atoms with E-state index in [2.05, 4.69) is 23.8 Å². The molecule has 0 aliphatic heterocycles. The van der Waals surface area contributed by atoms with Crippen LogP contribution < -0.4 is 4.90 Å². The molecule has 0 spiro atoms. The fraction of sp³-hybridized carbons (Fsp3) is 0.458. The lowest BCUT2D eigenvalue weighted by molar-refractivity contribution is -0.115. The third kappa shape index (κ3) is 5.56. The van der Waals surface area contributed by atoms with Crippen molar-refractivity contribution in [2.75, 3.05) is 18.1 Å². The molecular formula is C24H29FN4O. The highest BCUT2D eigenvalue weighted by molar-refractivity contribution is 6.05. The third-order valence-corrected chi connectivity index (χ3v) is 5.54. The van der Waals surface area contributed by atoms with Crippen molar-refractivity contribution in [3.05, 3.63) is 59.4 Å². The van der Waals surface area contributed by atoms with Crippen molar-refractivity contribution in [3.8, 4) is 6.07 Å². The van der Waals surface area contributed by atoms with E-state index >= 15 is 0 Å². The Morgan fingerprint density at radius 1 is 1.33 bits per heavy atom. The first-order valence-electron chi connectivity index (χ1n) is 10.6. The topological polar surface area (TPSA) is 61.9 Å². The maximum absolute atomic E-state index is 12.8. The van der Waals surface area contributed by atoms with E-state index in [1.54, 1.807) is 29.2 Å². The number of halogens is 1. The number of nitrogens with zero attached hydrogens (tertiary/aromatic N) is 4. The van der Waals surface area contributed by atoms with Crippen LogP contribution in [0.3, 0.4) is 0 Å². The highest BCUT2D eigenvalue weighted by atomic mass is 19.1. The van der Waals surface area contributed by atoms with E-state index in [1.165, 1.54) is 24.2 Å². The monoisotopic (exact) mass is 408 g/mol. The molecule has 0 unspecified atom stereocenters. The molecule has 3 rings (SSSR count). The van der Waals surface area contributed by atoms with Crippen molar-refractivity contribution >= 4 is 11.6 Å². The van der Waals surface area contributed by atoms with Crippen LogP contribution in [-0.2, 0) is 18.3 Å². The maximum Gasteiger partial charge on any atom is 0.253 e. The molecule has 1 fully saturated rings. The summed E-state index contributed by atoms with van der Waals surface area (Å²) in [5, 5.41) is 13.8. The summed E-state index contributed by atoms with van der Waals surface area (Å²) in [5.41, 5.74) is 3.86. The summed E-state index contributed by atoms with van der Waals surface area (Å²) in [6.07, 6.45) is 6.27. The molecule has 1 amide bonds. The number of nitriles is 1. The van der Waals surface area contributed by atoms with Crippen molar-refractivity contribution in [1.29, 1.82) is 5.26 Å². The molecule has 1 heterocycles. The molecule has 0 bridgehead atoms. The number of hydrogen-bond acceptors (Lipinski definition) is 3. The van der Waals surface area contributed by atoms with Gasteiger partial charge in [0.15, 0.2) is 0 Å². The average molecular weight is 409 g/mol. The van der Waals surface area contributed by atoms with Crippen LogP contribution in [0.2, 0.25) is 0 Å². The summed E-state index contributed by atoms with van der Waals surface area (Å²) >= 11 is 0. The van der Waals surface area contributed by atoms with E-state index in [9.17, 15) is 9.18 Å². The van der Waals surface area contributed by atoms with Gasteiger partial charge in [0.25, 0.3) is 5.91 Å². The highest BCUT2D eigenvalue weighted by Gasteiger charge is 2.26. The quantitative estimate of drug-likeness (QED) is 0.395. The van der Waals surface area contributed by atoms with Gasteiger partial charge in [0.2, 0.25) is 0 Å². The molecule has 2 aromatic rings. The van der Waals surface area contributed by atoms with Crippen LogP contribution in [-0.4, -0.2) is 28.9 Å². The molecule has 6 heteroatoms. The molecule has 1 aliphatic rings. The van der Waals surface area contributed by atoms with E-state index < -0.39 is 6.67 Å². The smallest absolute Gasteiger partial charge is 0.253 e. The van der Waals surface area contributed by atoms with E-state index in [4.69, 9.17) is 5.26 Å². The zero-order valence-corrected chi connectivity index (χ0v) is 17.6. The Morgan fingerprint density at radius 2 is 2.13 bits per heavy atom. The zero-order chi connectivity index (χ0) is 21.5. The Bertz CT molecular complexity index is 939. The van der Waals surface area contributed by atoms with Crippen LogP contribution in [0.1, 0.15) is 61.4 Å². The minimum absolute atomic E-state index is 0.0249. The van der Waals surface area contributed by atoms with Gasteiger partial charge in [0, 0.05) is 42.9 Å². The first-order chi connectivity index (χ1) is 14.5. The summed E-state index contributed by atoms with van der Waals surface area (Å²) in [5.74, 6) is 0.384. The SMILES string of the molecule is C=C(CCF)C(=O)N(CCCCCc1cc(C2CC2)nn1C)c1cccc(C#N)c1. The van der Waals surface area contributed by atoms with Gasteiger partial charge in [-0.2, -0.15) is 10.4 Å². The summed E-state index contributed by atoms with van der Waals surface area (Å²) in [7, 11) is 2.00. The number of unbranched alkanes of at least 4 members (excludes halogenated alkanes) is 2. The Hall–Kier alpha value is -2.94. The van der Waals surface area contributed by atoms with Gasteiger partial charge in [-0.1, -0.05) is 19.1 Å². The second-order valence-electron chi connectivity index (χ2n) is 7.93. The number of carbonyl (C=O) groups excluding carboxylic acids is 1. The van der Waals surface area contributed by atoms with Gasteiger partial charge in [0.1, 0.15) is 0 Å². The van der Waals surface area contributed by atoms with Gasteiger partial charge in [0.05, 0.1) is 24.0 Å². The van der Waals surface area contributed by atoms with Crippen LogP contribution in [0.5, 0.6) is 0 Å². The Balaban J connectivity index is 1.57. The molecule has 1 aromatic carbocycles. The standard InChI is InChI=1S/C24H29FN4O/c1-18(12-13-25)24(30)29(22-9-6-7-19(15-22)17-26)14-5-3-4-8-21-16-23(20-10-11-20)27-28(21)2/h6-7,9,15-16,20H,1,3-5,8,10-14H2,2H3. The number of amides is 1. The second-order valence-corrected chi connectivity index (χ2v) is 7.93. The predicted molar refractivity (Wildman–Crippen MR) is 116 cm³/mol. The van der Waals surface area contributed by atoms with Crippen LogP contribution in [0.15, 0.2) is 42.5 Å². The molecule has 5 nitrogen and oxygen atoms in total. The van der Waals surface area contributed by atoms with Crippen molar-refractivity contribution in [1.82, 2.24) is 9.78 Å². The molecule has 0 saturated heterocycles. The number of rotatable bonds is 11. The zero-order valence-electron chi connectivity index (χ0n) is 17.6. The molecular weight excluding hydrogens is 379 g/mol. The van der Waals surface area contributed by atoms with E-state index in [-0.39, 0.29) is 17.9 Å². The molecule has 30 heavy (non-hydrogen) atoms. The largest absolute Gasteiger partial charge is 0.309 e. The number of benzene rings is 1. The second kappa shape index (κ2) is 10.2. The van der Waals surface area contributed by atoms with Gasteiger partial charge in [-0.25, -0.2) is 0 Å². The van der Waals surface area contributed by atoms with Crippen molar-refractivity contribution in [2.24, 2.45) is 7.05 Å². The molecule has 158 valence electrons. The normalized spacial score (nSPS) is 13.1. The minimum atomic E-state index is -0.607. The number of hydrogen-bond donors (Lipinski definition) is 0. The Morgan fingerprint density at radius 3 is 2.83 bits per heavy atom. The van der Waals surface area contributed by atoms with Crippen LogP contribution in [0.4, 0.5) is 10.1 Å². The van der Waals surface area contributed by atoms with E-state index in [1.807, 2.05) is 11.7 Å². The third-order valence-electron chi connectivity index (χ3n) is 5.54. The van der Waals surface area contributed by atoms with Crippen molar-refractivity contribution < 1.29 is 9.18 Å². The first-order valence-corrected chi connectivity index (χ1v) is 10.6. The Labute approximate surface area is 177 Å². The molecule has 0 radical (unpaired) electrons. The lowest BCUT2D eigenvalue weighted by atomic mass is 10.1. The number of aryl methyl sites for hydroxylation is 2. The van der Waals surface area contributed by atoms with E-state index in [0.29, 0.717) is 23.7 Å². The molecule has 1 aliphatic carbocycles. The maximum atomic E-state index is 12.8. The molecule has 1 aromatic heterocycles. The van der Waals surface area contributed by atoms with Crippen molar-refractivity contribution in [2.45, 2.75) is 50.9 Å². The molecule has 1 saturated carbocycles. The minimum Gasteiger partial charge on any atom is -0.309 e. The number of anilines is 1. The lowest BCUT2D eigenvalue weighted by Crippen LogP contribution is -2.33. The summed E-state index contributed by atoms with van der Waals surface area (Å²) < 4.78 is 14.7. The lowest BCUT2D eigenvalue weighted by Gasteiger charge is -2.24. The average Bonchev–Trinajstić information content (AvgIpc) is 3.54. The van der Waals surface area contributed by atoms with Gasteiger partial charge in [-0.05, 0) is 56.4 Å². The van der Waals surface area contributed by atoms with Gasteiger partial charge < -0.3 is 4.90 Å². The van der Waals surface area contributed by atoms with Crippen molar-refractivity contribution in [3.63, 3.8) is 0 Å². The summed E-state index contributed by atoms with van der Waals surface area (Å²) in [6.45, 7) is 3.65. The fourth-order valence-corrected chi connectivity index (χ4v) is 3.60. The molecule has 0 N–H and O–H groups in total. The fourth-order valence-electron chi connectivity index (χ4n) is 3.60. The van der Waals surface area contributed by atoms with Crippen LogP contribution in [0, 0.1) is 11.3 Å². The number of alkyl halides is 1. The predicted octanol–water partition coefficient (Wildman–Crippen LogP) is 4.83. The van der Waals surface area contributed by atoms with Crippen LogP contribution in [0.25, 0.3) is 0 Å². The van der Waals surface area contributed by atoms with Gasteiger partial charge >= 0.3 is 0 Å². The Kier molecular flexibility index (Phi) is 7.40. The van der Waals surface area contributed by atoms with Gasteiger partial charge in [-0.3, -0.25) is 13.9 Å². The van der Waals surface area contributed by atoms with Gasteiger partial charge in [-0.15, -0.1) is 0 Å². The molecule has 0 atom stereocenters. The van der Waals surface area contributed by atoms with E-state index in [0.717, 1.165) is 25.7 Å². The summed E-state index contributed by atoms with van der Waals surface area (Å²) in [4.78, 5) is 14.4. The van der Waals surface area contributed by atoms with Crippen LogP contribution >= 0.6 is 0 Å². The first kappa shape index (κ1) is 21.8. The highest BCUT2D eigenvalue weighted by Crippen LogP contribution is 2.39. The number of carbonyl (C=O) groups is 1. The summed E-state index contributed by atoms with van der Waals surface area (Å²) in [6, 6.07) is 11.3. The number of aromatic nitrogens is 2.